The normalized spacial score (nSPS) is 11.8. The van der Waals surface area contributed by atoms with Gasteiger partial charge < -0.3 is 0 Å². The van der Waals surface area contributed by atoms with Crippen LogP contribution in [0.1, 0.15) is 24.5 Å². The maximum Gasteiger partial charge on any atom is 0.455 e. The van der Waals surface area contributed by atoms with Crippen LogP contribution in [0, 0.1) is 13.8 Å². The fourth-order valence-electron chi connectivity index (χ4n) is 1.58. The predicted molar refractivity (Wildman–Crippen MR) is 58.6 cm³/mol. The van der Waals surface area contributed by atoms with Crippen LogP contribution in [0.3, 0.4) is 0 Å². The molecule has 78 valence electrons. The molecule has 0 aromatic heterocycles. The van der Waals surface area contributed by atoms with E-state index < -0.39 is 8.74 Å². The van der Waals surface area contributed by atoms with E-state index in [0.717, 1.165) is 11.1 Å². The van der Waals surface area contributed by atoms with Gasteiger partial charge in [-0.3, -0.25) is 8.22 Å². The van der Waals surface area contributed by atoms with Crippen LogP contribution in [0.4, 0.5) is 8.22 Å². The fraction of sp³-hybridized carbons (Fsp3) is 0.455. The van der Waals surface area contributed by atoms with E-state index in [-0.39, 0.29) is 6.04 Å². The van der Waals surface area contributed by atoms with Crippen LogP contribution in [-0.2, 0) is 0 Å². The third-order valence-corrected chi connectivity index (χ3v) is 4.81. The van der Waals surface area contributed by atoms with E-state index in [4.69, 9.17) is 0 Å². The highest BCUT2D eigenvalue weighted by Gasteiger charge is 2.37. The molecular weight excluding hydrogens is 198 g/mol. The van der Waals surface area contributed by atoms with E-state index in [0.29, 0.717) is 11.6 Å². The molecule has 0 aliphatic heterocycles. The van der Waals surface area contributed by atoms with Gasteiger partial charge in [-0.25, -0.2) is 0 Å². The number of rotatable bonds is 3. The van der Waals surface area contributed by atoms with E-state index in [1.807, 2.05) is 19.9 Å². The van der Waals surface area contributed by atoms with Gasteiger partial charge in [-0.1, -0.05) is 37.1 Å². The van der Waals surface area contributed by atoms with Gasteiger partial charge in [0.1, 0.15) is 0 Å². The Labute approximate surface area is 85.3 Å². The maximum atomic E-state index is 13.7. The molecule has 0 radical (unpaired) electrons. The highest BCUT2D eigenvalue weighted by Crippen LogP contribution is 2.18. The Morgan fingerprint density at radius 1 is 1.21 bits per heavy atom. The van der Waals surface area contributed by atoms with Gasteiger partial charge in [0, 0.05) is 11.2 Å². The molecule has 0 spiro atoms. The second-order valence-electron chi connectivity index (χ2n) is 3.77. The number of aryl methyl sites for hydroxylation is 2. The van der Waals surface area contributed by atoms with E-state index in [1.54, 1.807) is 19.1 Å². The lowest BCUT2D eigenvalue weighted by Crippen LogP contribution is -2.40. The van der Waals surface area contributed by atoms with Crippen molar-refractivity contribution in [3.63, 3.8) is 0 Å². The molecule has 0 atom stereocenters. The van der Waals surface area contributed by atoms with Crippen molar-refractivity contribution in [2.45, 2.75) is 33.2 Å². The van der Waals surface area contributed by atoms with Gasteiger partial charge in [0.25, 0.3) is 0 Å². The van der Waals surface area contributed by atoms with E-state index in [9.17, 15) is 8.22 Å². The summed E-state index contributed by atoms with van der Waals surface area (Å²) in [7, 11) is -4.16. The van der Waals surface area contributed by atoms with Gasteiger partial charge in [-0.15, -0.1) is 0 Å². The van der Waals surface area contributed by atoms with Gasteiger partial charge >= 0.3 is 8.74 Å². The highest BCUT2D eigenvalue weighted by atomic mass is 28.4. The molecule has 0 saturated heterocycles. The minimum Gasteiger partial charge on any atom is -0.265 e. The standard InChI is InChI=1S/C11H16F2Si/c1-4-7-14(12,13)11-8-9(2)5-6-10(11)3/h5-6,8H,4,7H2,1-3H3. The zero-order chi connectivity index (χ0) is 10.8. The fourth-order valence-corrected chi connectivity index (χ4v) is 3.57. The van der Waals surface area contributed by atoms with Crippen molar-refractivity contribution < 1.29 is 8.22 Å². The first kappa shape index (κ1) is 11.4. The van der Waals surface area contributed by atoms with Gasteiger partial charge in [0.05, 0.1) is 0 Å². The minimum absolute atomic E-state index is 0.0668. The van der Waals surface area contributed by atoms with Crippen molar-refractivity contribution in [1.82, 2.24) is 0 Å². The quantitative estimate of drug-likeness (QED) is 0.535. The minimum atomic E-state index is -4.16. The summed E-state index contributed by atoms with van der Waals surface area (Å²) in [4.78, 5) is 0. The smallest absolute Gasteiger partial charge is 0.265 e. The van der Waals surface area contributed by atoms with Crippen LogP contribution < -0.4 is 5.19 Å². The summed E-state index contributed by atoms with van der Waals surface area (Å²) >= 11 is 0. The van der Waals surface area contributed by atoms with Gasteiger partial charge in [-0.05, 0) is 19.4 Å². The number of hydrogen-bond donors (Lipinski definition) is 0. The summed E-state index contributed by atoms with van der Waals surface area (Å²) < 4.78 is 27.5. The summed E-state index contributed by atoms with van der Waals surface area (Å²) in [6.45, 7) is 5.44. The summed E-state index contributed by atoms with van der Waals surface area (Å²) in [6.07, 6.45) is 0.562. The lowest BCUT2D eigenvalue weighted by atomic mass is 10.2. The molecule has 0 N–H and O–H groups in total. The Morgan fingerprint density at radius 3 is 2.43 bits per heavy atom. The van der Waals surface area contributed by atoms with Gasteiger partial charge in [0.15, 0.2) is 0 Å². The lowest BCUT2D eigenvalue weighted by molar-refractivity contribution is 0.615. The molecular formula is C11H16F2Si. The monoisotopic (exact) mass is 214 g/mol. The first-order valence-corrected chi connectivity index (χ1v) is 6.89. The van der Waals surface area contributed by atoms with Crippen molar-refractivity contribution in [3.05, 3.63) is 29.3 Å². The van der Waals surface area contributed by atoms with Crippen molar-refractivity contribution in [2.75, 3.05) is 0 Å². The molecule has 3 heteroatoms. The zero-order valence-electron chi connectivity index (χ0n) is 8.90. The first-order chi connectivity index (χ1) is 6.47. The summed E-state index contributed by atoms with van der Waals surface area (Å²) in [5, 5.41) is 0.319. The third kappa shape index (κ3) is 2.41. The molecule has 0 bridgehead atoms. The summed E-state index contributed by atoms with van der Waals surface area (Å²) in [5.41, 5.74) is 1.66. The number of hydrogen-bond acceptors (Lipinski definition) is 0. The molecule has 0 heterocycles. The largest absolute Gasteiger partial charge is 0.455 e. The van der Waals surface area contributed by atoms with E-state index >= 15 is 0 Å². The van der Waals surface area contributed by atoms with E-state index in [2.05, 4.69) is 0 Å². The molecule has 14 heavy (non-hydrogen) atoms. The van der Waals surface area contributed by atoms with Crippen molar-refractivity contribution in [2.24, 2.45) is 0 Å². The van der Waals surface area contributed by atoms with Crippen LogP contribution in [0.2, 0.25) is 6.04 Å². The Kier molecular flexibility index (Phi) is 3.42. The zero-order valence-corrected chi connectivity index (χ0v) is 9.90. The van der Waals surface area contributed by atoms with E-state index in [1.165, 1.54) is 0 Å². The molecule has 0 fully saturated rings. The molecule has 1 aromatic carbocycles. The number of halogens is 2. The average Bonchev–Trinajstić information content (AvgIpc) is 2.09. The summed E-state index contributed by atoms with van der Waals surface area (Å²) in [6, 6.07) is 5.39. The Hall–Kier alpha value is -0.703. The van der Waals surface area contributed by atoms with Crippen LogP contribution in [0.5, 0.6) is 0 Å². The number of benzene rings is 1. The topological polar surface area (TPSA) is 0 Å². The second kappa shape index (κ2) is 4.21. The molecule has 0 nitrogen and oxygen atoms in total. The maximum absolute atomic E-state index is 13.7. The van der Waals surface area contributed by atoms with Crippen LogP contribution in [0.25, 0.3) is 0 Å². The molecule has 0 aliphatic rings. The van der Waals surface area contributed by atoms with Crippen LogP contribution in [-0.4, -0.2) is 8.74 Å². The molecule has 0 amide bonds. The van der Waals surface area contributed by atoms with Gasteiger partial charge in [0.2, 0.25) is 0 Å². The Morgan fingerprint density at radius 2 is 1.86 bits per heavy atom. The van der Waals surface area contributed by atoms with Crippen molar-refractivity contribution in [3.8, 4) is 0 Å². The third-order valence-electron chi connectivity index (χ3n) is 2.35. The first-order valence-electron chi connectivity index (χ1n) is 4.93. The SMILES string of the molecule is CCC[Si](F)(F)c1cc(C)ccc1C. The Balaban J connectivity index is 3.10. The molecule has 1 aromatic rings. The van der Waals surface area contributed by atoms with Crippen LogP contribution >= 0.6 is 0 Å². The predicted octanol–water partition coefficient (Wildman–Crippen LogP) is 3.30. The molecule has 0 saturated carbocycles. The lowest BCUT2D eigenvalue weighted by Gasteiger charge is -2.15. The van der Waals surface area contributed by atoms with Crippen molar-refractivity contribution in [1.29, 1.82) is 0 Å². The molecule has 0 aliphatic carbocycles. The molecule has 1 rings (SSSR count). The molecule has 0 unspecified atom stereocenters. The Bertz CT molecular complexity index is 321. The van der Waals surface area contributed by atoms with Crippen LogP contribution in [0.15, 0.2) is 18.2 Å². The summed E-state index contributed by atoms with van der Waals surface area (Å²) in [5.74, 6) is 0. The second-order valence-corrected chi connectivity index (χ2v) is 6.22. The van der Waals surface area contributed by atoms with Gasteiger partial charge in [-0.2, -0.15) is 0 Å². The van der Waals surface area contributed by atoms with Crippen molar-refractivity contribution >= 4 is 13.9 Å². The average molecular weight is 214 g/mol. The highest BCUT2D eigenvalue weighted by molar-refractivity contribution is 6.80.